The van der Waals surface area contributed by atoms with Crippen LogP contribution in [0, 0.1) is 0 Å². The number of guanidine groups is 1. The Labute approximate surface area is 116 Å². The molecule has 0 atom stereocenters. The average Bonchev–Trinajstić information content (AvgIpc) is 2.73. The molecule has 20 heavy (non-hydrogen) atoms. The zero-order valence-electron chi connectivity index (χ0n) is 11.6. The second kappa shape index (κ2) is 6.44. The van der Waals surface area contributed by atoms with Crippen molar-refractivity contribution in [3.8, 4) is 0 Å². The summed E-state index contributed by atoms with van der Waals surface area (Å²) >= 11 is 0. The Bertz CT molecular complexity index is 531. The Morgan fingerprint density at radius 2 is 2.10 bits per heavy atom. The molecule has 0 radical (unpaired) electrons. The number of hydrogen-bond donors (Lipinski definition) is 1. The highest BCUT2D eigenvalue weighted by Gasteiger charge is 2.20. The second-order valence-corrected chi connectivity index (χ2v) is 4.42. The van der Waals surface area contributed by atoms with Crippen molar-refractivity contribution in [1.82, 2.24) is 24.3 Å². The minimum Gasteiger partial charge on any atom is -0.394 e. The van der Waals surface area contributed by atoms with Gasteiger partial charge >= 0.3 is 5.69 Å². The van der Waals surface area contributed by atoms with Gasteiger partial charge in [0.15, 0.2) is 0 Å². The zero-order valence-corrected chi connectivity index (χ0v) is 11.6. The van der Waals surface area contributed by atoms with E-state index in [4.69, 9.17) is 9.84 Å². The zero-order chi connectivity index (χ0) is 14.5. The van der Waals surface area contributed by atoms with Gasteiger partial charge in [0.2, 0.25) is 5.96 Å². The maximum absolute atomic E-state index is 11.7. The molecule has 110 valence electrons. The summed E-state index contributed by atoms with van der Waals surface area (Å²) in [6, 6.07) is 0. The van der Waals surface area contributed by atoms with Gasteiger partial charge in [-0.05, 0) is 0 Å². The molecule has 0 spiro atoms. The molecule has 0 saturated carbocycles. The van der Waals surface area contributed by atoms with Gasteiger partial charge in [0, 0.05) is 27.2 Å². The third-order valence-corrected chi connectivity index (χ3v) is 2.87. The summed E-state index contributed by atoms with van der Waals surface area (Å²) in [7, 11) is 3.85. The largest absolute Gasteiger partial charge is 0.394 e. The minimum atomic E-state index is -0.486. The second-order valence-electron chi connectivity index (χ2n) is 4.42. The fourth-order valence-corrected chi connectivity index (χ4v) is 1.77. The molecule has 1 N–H and O–H groups in total. The number of rotatable bonds is 5. The Morgan fingerprint density at radius 3 is 2.70 bits per heavy atom. The molecule has 0 unspecified atom stereocenters. The monoisotopic (exact) mass is 282 g/mol. The van der Waals surface area contributed by atoms with E-state index in [9.17, 15) is 4.79 Å². The van der Waals surface area contributed by atoms with Gasteiger partial charge in [-0.1, -0.05) is 0 Å². The van der Waals surface area contributed by atoms with Gasteiger partial charge in [0.1, 0.15) is 13.1 Å². The number of aromatic nitrogens is 3. The third kappa shape index (κ3) is 3.31. The Balaban J connectivity index is 2.13. The minimum absolute atomic E-state index is 0.00997. The van der Waals surface area contributed by atoms with Crippen molar-refractivity contribution in [3.05, 3.63) is 16.8 Å². The van der Waals surface area contributed by atoms with Gasteiger partial charge in [0.05, 0.1) is 13.2 Å². The predicted octanol–water partition coefficient (Wildman–Crippen LogP) is -1.53. The Morgan fingerprint density at radius 1 is 1.40 bits per heavy atom. The topological polar surface area (TPSA) is 96.1 Å². The maximum atomic E-state index is 11.7. The van der Waals surface area contributed by atoms with Crippen LogP contribution in [0.2, 0.25) is 0 Å². The molecule has 1 aromatic rings. The molecule has 9 heteroatoms. The van der Waals surface area contributed by atoms with Crippen LogP contribution >= 0.6 is 0 Å². The van der Waals surface area contributed by atoms with Crippen molar-refractivity contribution >= 4 is 11.9 Å². The molecule has 1 aromatic heterocycles. The summed E-state index contributed by atoms with van der Waals surface area (Å²) in [4.78, 5) is 27.8. The molecular weight excluding hydrogens is 264 g/mol. The smallest absolute Gasteiger partial charge is 0.354 e. The van der Waals surface area contributed by atoms with E-state index in [1.165, 1.54) is 10.9 Å². The lowest BCUT2D eigenvalue weighted by atomic mass is 10.6. The van der Waals surface area contributed by atoms with E-state index in [-0.39, 0.29) is 25.9 Å². The van der Waals surface area contributed by atoms with Crippen LogP contribution in [0.3, 0.4) is 0 Å². The summed E-state index contributed by atoms with van der Waals surface area (Å²) in [5.41, 5.74) is -0.486. The normalized spacial score (nSPS) is 15.1. The fourth-order valence-electron chi connectivity index (χ4n) is 1.77. The van der Waals surface area contributed by atoms with Gasteiger partial charge in [-0.2, -0.15) is 9.98 Å². The molecule has 0 aromatic carbocycles. The quantitative estimate of drug-likeness (QED) is 0.654. The Kier molecular flexibility index (Phi) is 4.64. The van der Waals surface area contributed by atoms with Crippen LogP contribution in [0.1, 0.15) is 0 Å². The molecule has 1 aliphatic heterocycles. The highest BCUT2D eigenvalue weighted by Crippen LogP contribution is 2.08. The SMILES string of the molecule is CN1CCN(C)C1=Nc1ncn(COCCO)c(=O)n1. The molecular formula is C11H18N6O3. The first kappa shape index (κ1) is 14.4. The molecule has 1 fully saturated rings. The van der Waals surface area contributed by atoms with Crippen molar-refractivity contribution in [2.24, 2.45) is 4.99 Å². The molecule has 9 nitrogen and oxygen atoms in total. The van der Waals surface area contributed by atoms with Crippen molar-refractivity contribution in [1.29, 1.82) is 0 Å². The molecule has 2 heterocycles. The first-order chi connectivity index (χ1) is 9.61. The lowest BCUT2D eigenvalue weighted by molar-refractivity contribution is 0.0452. The summed E-state index contributed by atoms with van der Waals surface area (Å²) in [5.74, 6) is 0.864. The number of nitrogens with zero attached hydrogens (tertiary/aromatic N) is 6. The Hall–Kier alpha value is -2.00. The summed E-state index contributed by atoms with van der Waals surface area (Å²) < 4.78 is 6.25. The van der Waals surface area contributed by atoms with Crippen LogP contribution in [-0.4, -0.2) is 75.8 Å². The molecule has 1 saturated heterocycles. The van der Waals surface area contributed by atoms with Gasteiger partial charge in [0.25, 0.3) is 5.95 Å². The van der Waals surface area contributed by atoms with Gasteiger partial charge in [-0.15, -0.1) is 0 Å². The van der Waals surface area contributed by atoms with Crippen molar-refractivity contribution in [3.63, 3.8) is 0 Å². The first-order valence-electron chi connectivity index (χ1n) is 6.25. The number of aliphatic hydroxyl groups excluding tert-OH is 1. The van der Waals surface area contributed by atoms with Crippen molar-refractivity contribution in [2.45, 2.75) is 6.73 Å². The van der Waals surface area contributed by atoms with Gasteiger partial charge in [-0.25, -0.2) is 9.78 Å². The van der Waals surface area contributed by atoms with Crippen LogP contribution in [0.5, 0.6) is 0 Å². The van der Waals surface area contributed by atoms with E-state index in [1.54, 1.807) is 0 Å². The number of ether oxygens (including phenoxy) is 1. The van der Waals surface area contributed by atoms with E-state index in [1.807, 2.05) is 23.9 Å². The van der Waals surface area contributed by atoms with E-state index < -0.39 is 5.69 Å². The first-order valence-corrected chi connectivity index (χ1v) is 6.25. The number of likely N-dealkylation sites (N-methyl/N-ethyl adjacent to an activating group) is 2. The fraction of sp³-hybridized carbons (Fsp3) is 0.636. The summed E-state index contributed by atoms with van der Waals surface area (Å²) in [6.45, 7) is 1.82. The molecule has 1 aliphatic rings. The van der Waals surface area contributed by atoms with Gasteiger partial charge in [-0.3, -0.25) is 4.57 Å². The van der Waals surface area contributed by atoms with Crippen molar-refractivity contribution < 1.29 is 9.84 Å². The highest BCUT2D eigenvalue weighted by molar-refractivity contribution is 5.83. The third-order valence-electron chi connectivity index (χ3n) is 2.87. The van der Waals surface area contributed by atoms with E-state index in [2.05, 4.69) is 15.0 Å². The maximum Gasteiger partial charge on any atom is 0.354 e. The molecule has 2 rings (SSSR count). The van der Waals surface area contributed by atoms with Crippen LogP contribution < -0.4 is 5.69 Å². The average molecular weight is 282 g/mol. The molecule has 0 amide bonds. The van der Waals surface area contributed by atoms with Crippen molar-refractivity contribution in [2.75, 3.05) is 40.4 Å². The van der Waals surface area contributed by atoms with Crippen LogP contribution in [0.25, 0.3) is 0 Å². The van der Waals surface area contributed by atoms with Crippen LogP contribution in [-0.2, 0) is 11.5 Å². The van der Waals surface area contributed by atoms with Crippen LogP contribution in [0.4, 0.5) is 5.95 Å². The molecule has 0 bridgehead atoms. The van der Waals surface area contributed by atoms with Crippen LogP contribution in [0.15, 0.2) is 16.1 Å². The predicted molar refractivity (Wildman–Crippen MR) is 71.7 cm³/mol. The number of aliphatic hydroxyl groups is 1. The molecule has 0 aliphatic carbocycles. The van der Waals surface area contributed by atoms with E-state index >= 15 is 0 Å². The van der Waals surface area contributed by atoms with E-state index in [0.717, 1.165) is 19.0 Å². The lowest BCUT2D eigenvalue weighted by Crippen LogP contribution is -2.29. The van der Waals surface area contributed by atoms with E-state index in [0.29, 0.717) is 0 Å². The number of hydrogen-bond acceptors (Lipinski definition) is 6. The summed E-state index contributed by atoms with van der Waals surface area (Å²) in [6.07, 6.45) is 1.33. The summed E-state index contributed by atoms with van der Waals surface area (Å²) in [5, 5.41) is 8.60. The lowest BCUT2D eigenvalue weighted by Gasteiger charge is -2.14. The van der Waals surface area contributed by atoms with Gasteiger partial charge < -0.3 is 19.6 Å². The standard InChI is InChI=1S/C11H18N6O3/c1-15-3-4-16(2)10(15)13-9-12-7-17(11(19)14-9)8-20-6-5-18/h7,18H,3-6,8H2,1-2H3. The number of aliphatic imine (C=N–C) groups is 1. The highest BCUT2D eigenvalue weighted by atomic mass is 16.5.